The predicted molar refractivity (Wildman–Crippen MR) is 96.6 cm³/mol. The number of likely N-dealkylation sites (tertiary alicyclic amines) is 1. The summed E-state index contributed by atoms with van der Waals surface area (Å²) in [6.45, 7) is 5.75. The van der Waals surface area contributed by atoms with Gasteiger partial charge in [0, 0.05) is 38.4 Å². The molecule has 1 aromatic carbocycles. The second kappa shape index (κ2) is 8.03. The average molecular weight is 363 g/mol. The average Bonchev–Trinajstić information content (AvgIpc) is 2.67. The Bertz CT molecular complexity index is 644. The monoisotopic (exact) mass is 363 g/mol. The Balaban J connectivity index is 1.54. The molecule has 0 aliphatic carbocycles. The molecule has 142 valence electrons. The zero-order valence-electron chi connectivity index (χ0n) is 15.1. The fourth-order valence-corrected chi connectivity index (χ4v) is 3.82. The molecular weight excluding hydrogens is 337 g/mol. The molecule has 7 heteroatoms. The Kier molecular flexibility index (Phi) is 5.76. The van der Waals surface area contributed by atoms with Crippen molar-refractivity contribution in [2.75, 3.05) is 44.2 Å². The number of aliphatic carboxylic acids is 1. The lowest BCUT2D eigenvalue weighted by Crippen LogP contribution is -2.55. The molecule has 2 fully saturated rings. The van der Waals surface area contributed by atoms with Gasteiger partial charge in [-0.2, -0.15) is 0 Å². The van der Waals surface area contributed by atoms with Gasteiger partial charge < -0.3 is 14.9 Å². The molecular formula is C19H26FN3O3. The number of hydrogen-bond donors (Lipinski definition) is 1. The minimum atomic E-state index is -0.776. The van der Waals surface area contributed by atoms with E-state index in [0.29, 0.717) is 39.1 Å². The Morgan fingerprint density at radius 2 is 1.77 bits per heavy atom. The van der Waals surface area contributed by atoms with Crippen molar-refractivity contribution in [1.82, 2.24) is 9.80 Å². The van der Waals surface area contributed by atoms with Gasteiger partial charge in [0.1, 0.15) is 5.82 Å². The third kappa shape index (κ3) is 4.15. The van der Waals surface area contributed by atoms with E-state index < -0.39 is 5.97 Å². The summed E-state index contributed by atoms with van der Waals surface area (Å²) in [5.74, 6) is -1.34. The highest BCUT2D eigenvalue weighted by molar-refractivity contribution is 5.82. The van der Waals surface area contributed by atoms with E-state index in [9.17, 15) is 19.1 Å². The first kappa shape index (κ1) is 18.6. The minimum Gasteiger partial charge on any atom is -0.481 e. The van der Waals surface area contributed by atoms with E-state index in [4.69, 9.17) is 0 Å². The molecule has 1 N–H and O–H groups in total. The molecule has 1 amide bonds. The fourth-order valence-electron chi connectivity index (χ4n) is 3.82. The summed E-state index contributed by atoms with van der Waals surface area (Å²) < 4.78 is 13.1. The van der Waals surface area contributed by atoms with Crippen LogP contribution in [-0.4, -0.2) is 72.1 Å². The summed E-state index contributed by atoms with van der Waals surface area (Å²) in [7, 11) is 0. The van der Waals surface area contributed by atoms with Gasteiger partial charge in [-0.05, 0) is 50.6 Å². The van der Waals surface area contributed by atoms with Gasteiger partial charge in [0.25, 0.3) is 0 Å². The third-order valence-electron chi connectivity index (χ3n) is 5.49. The SMILES string of the molecule is CC(C(=O)N1CCN(c2ccc(F)cc2)CC1)N1CCCC(C(=O)O)C1. The standard InChI is InChI=1S/C19H26FN3O3/c1-14(23-8-2-3-15(13-23)19(25)26)18(24)22-11-9-21(10-12-22)17-6-4-16(20)5-7-17/h4-7,14-15H,2-3,8-13H2,1H3,(H,25,26). The van der Waals surface area contributed by atoms with E-state index in [0.717, 1.165) is 18.7 Å². The molecule has 2 atom stereocenters. The van der Waals surface area contributed by atoms with E-state index in [1.165, 1.54) is 12.1 Å². The van der Waals surface area contributed by atoms with Crippen molar-refractivity contribution in [3.63, 3.8) is 0 Å². The quantitative estimate of drug-likeness (QED) is 0.881. The molecule has 2 aliphatic rings. The summed E-state index contributed by atoms with van der Waals surface area (Å²) in [6.07, 6.45) is 1.50. The molecule has 26 heavy (non-hydrogen) atoms. The highest BCUT2D eigenvalue weighted by Gasteiger charge is 2.33. The van der Waals surface area contributed by atoms with Crippen molar-refractivity contribution in [2.45, 2.75) is 25.8 Å². The molecule has 0 aromatic heterocycles. The van der Waals surface area contributed by atoms with Gasteiger partial charge in [0.2, 0.25) is 5.91 Å². The van der Waals surface area contributed by atoms with E-state index in [1.54, 1.807) is 12.1 Å². The normalized spacial score (nSPS) is 22.9. The molecule has 0 saturated carbocycles. The summed E-state index contributed by atoms with van der Waals surface area (Å²) in [5.41, 5.74) is 0.965. The van der Waals surface area contributed by atoms with Gasteiger partial charge in [0.05, 0.1) is 12.0 Å². The van der Waals surface area contributed by atoms with Crippen LogP contribution >= 0.6 is 0 Å². The summed E-state index contributed by atoms with van der Waals surface area (Å²) in [6, 6.07) is 6.12. The van der Waals surface area contributed by atoms with Crippen LogP contribution < -0.4 is 4.90 Å². The Labute approximate surface area is 153 Å². The zero-order chi connectivity index (χ0) is 18.7. The lowest BCUT2D eigenvalue weighted by Gasteiger charge is -2.40. The molecule has 2 saturated heterocycles. The van der Waals surface area contributed by atoms with Gasteiger partial charge in [-0.15, -0.1) is 0 Å². The lowest BCUT2D eigenvalue weighted by atomic mass is 9.97. The van der Waals surface area contributed by atoms with Crippen LogP contribution in [-0.2, 0) is 9.59 Å². The van der Waals surface area contributed by atoms with Gasteiger partial charge in [0.15, 0.2) is 0 Å². The summed E-state index contributed by atoms with van der Waals surface area (Å²) >= 11 is 0. The largest absolute Gasteiger partial charge is 0.481 e. The number of carbonyl (C=O) groups excluding carboxylic acids is 1. The number of anilines is 1. The van der Waals surface area contributed by atoms with E-state index in [-0.39, 0.29) is 23.7 Å². The molecule has 0 spiro atoms. The van der Waals surface area contributed by atoms with Crippen molar-refractivity contribution in [1.29, 1.82) is 0 Å². The molecule has 1 aromatic rings. The summed E-state index contributed by atoms with van der Waals surface area (Å²) in [5, 5.41) is 9.23. The number of benzene rings is 1. The number of piperidine rings is 1. The van der Waals surface area contributed by atoms with Crippen LogP contribution in [0, 0.1) is 11.7 Å². The van der Waals surface area contributed by atoms with E-state index >= 15 is 0 Å². The second-order valence-corrected chi connectivity index (χ2v) is 7.14. The maximum atomic E-state index is 13.1. The smallest absolute Gasteiger partial charge is 0.307 e. The third-order valence-corrected chi connectivity index (χ3v) is 5.49. The maximum absolute atomic E-state index is 13.1. The highest BCUT2D eigenvalue weighted by Crippen LogP contribution is 2.21. The van der Waals surface area contributed by atoms with E-state index in [1.807, 2.05) is 16.7 Å². The van der Waals surface area contributed by atoms with Gasteiger partial charge in [-0.3, -0.25) is 14.5 Å². The number of nitrogens with zero attached hydrogens (tertiary/aromatic N) is 3. The molecule has 0 radical (unpaired) electrons. The number of piperazine rings is 1. The first-order chi connectivity index (χ1) is 12.5. The first-order valence-corrected chi connectivity index (χ1v) is 9.22. The topological polar surface area (TPSA) is 64.1 Å². The van der Waals surface area contributed by atoms with Crippen LogP contribution in [0.5, 0.6) is 0 Å². The van der Waals surface area contributed by atoms with Crippen LogP contribution in [0.25, 0.3) is 0 Å². The van der Waals surface area contributed by atoms with Gasteiger partial charge in [-0.25, -0.2) is 4.39 Å². The lowest BCUT2D eigenvalue weighted by molar-refractivity contribution is -0.146. The molecule has 0 bridgehead atoms. The maximum Gasteiger partial charge on any atom is 0.307 e. The van der Waals surface area contributed by atoms with E-state index in [2.05, 4.69) is 4.90 Å². The Morgan fingerprint density at radius 1 is 1.12 bits per heavy atom. The van der Waals surface area contributed by atoms with Crippen LogP contribution in [0.2, 0.25) is 0 Å². The second-order valence-electron chi connectivity index (χ2n) is 7.14. The van der Waals surface area contributed by atoms with Crippen molar-refractivity contribution in [3.05, 3.63) is 30.1 Å². The van der Waals surface area contributed by atoms with Crippen molar-refractivity contribution in [3.8, 4) is 0 Å². The number of hydrogen-bond acceptors (Lipinski definition) is 4. The first-order valence-electron chi connectivity index (χ1n) is 9.22. The number of amides is 1. The molecule has 2 unspecified atom stereocenters. The molecule has 6 nitrogen and oxygen atoms in total. The highest BCUT2D eigenvalue weighted by atomic mass is 19.1. The predicted octanol–water partition coefficient (Wildman–Crippen LogP) is 1.66. The van der Waals surface area contributed by atoms with Crippen molar-refractivity contribution >= 4 is 17.6 Å². The number of carbonyl (C=O) groups is 2. The molecule has 2 aliphatic heterocycles. The Morgan fingerprint density at radius 3 is 2.38 bits per heavy atom. The minimum absolute atomic E-state index is 0.0646. The van der Waals surface area contributed by atoms with Crippen molar-refractivity contribution in [2.24, 2.45) is 5.92 Å². The molecule has 3 rings (SSSR count). The number of carboxylic acid groups (broad SMARTS) is 1. The van der Waals surface area contributed by atoms with Gasteiger partial charge >= 0.3 is 5.97 Å². The molecule has 2 heterocycles. The van der Waals surface area contributed by atoms with Gasteiger partial charge in [-0.1, -0.05) is 0 Å². The number of halogens is 1. The fraction of sp³-hybridized carbons (Fsp3) is 0.579. The van der Waals surface area contributed by atoms with Crippen LogP contribution in [0.1, 0.15) is 19.8 Å². The van der Waals surface area contributed by atoms with Crippen LogP contribution in [0.4, 0.5) is 10.1 Å². The number of rotatable bonds is 4. The van der Waals surface area contributed by atoms with Crippen LogP contribution in [0.15, 0.2) is 24.3 Å². The summed E-state index contributed by atoms with van der Waals surface area (Å²) in [4.78, 5) is 30.1. The number of carboxylic acids is 1. The Hall–Kier alpha value is -2.15. The van der Waals surface area contributed by atoms with Crippen LogP contribution in [0.3, 0.4) is 0 Å². The van der Waals surface area contributed by atoms with Crippen molar-refractivity contribution < 1.29 is 19.1 Å². The zero-order valence-corrected chi connectivity index (χ0v) is 15.1.